The van der Waals surface area contributed by atoms with Crippen LogP contribution in [0.5, 0.6) is 0 Å². The van der Waals surface area contributed by atoms with E-state index in [0.717, 1.165) is 5.88 Å². The maximum absolute atomic E-state index is 5.34. The monoisotopic (exact) mass is 312 g/mol. The van der Waals surface area contributed by atoms with E-state index < -0.39 is 0 Å². The molecule has 0 radical (unpaired) electrons. The van der Waals surface area contributed by atoms with E-state index in [0.29, 0.717) is 5.92 Å². The van der Waals surface area contributed by atoms with Gasteiger partial charge in [-0.1, -0.05) is 13.8 Å². The van der Waals surface area contributed by atoms with Gasteiger partial charge in [0.05, 0.1) is 0 Å². The Balaban J connectivity index is 0. The summed E-state index contributed by atoms with van der Waals surface area (Å²) >= 11 is 5.34. The zero-order chi connectivity index (χ0) is 11.4. The molecule has 0 saturated carbocycles. The van der Waals surface area contributed by atoms with Gasteiger partial charge in [0.2, 0.25) is 0 Å². The molecule has 2 aromatic carbocycles. The Morgan fingerprint density at radius 3 is 1.19 bits per heavy atom. The summed E-state index contributed by atoms with van der Waals surface area (Å²) in [5.74, 6) is 1.43. The fourth-order valence-electron chi connectivity index (χ4n) is 0.642. The van der Waals surface area contributed by atoms with E-state index in [1.54, 1.807) is 0 Å². The maximum atomic E-state index is 5.34. The van der Waals surface area contributed by atoms with Crippen molar-refractivity contribution in [1.82, 2.24) is 0 Å². The van der Waals surface area contributed by atoms with Crippen molar-refractivity contribution in [3.8, 4) is 0 Å². The van der Waals surface area contributed by atoms with Crippen molar-refractivity contribution in [2.24, 2.45) is 5.92 Å². The van der Waals surface area contributed by atoms with Crippen LogP contribution in [0.4, 0.5) is 0 Å². The second kappa shape index (κ2) is 14.9. The molecule has 2 heteroatoms. The average Bonchev–Trinajstić information content (AvgIpc) is 2.96. The summed E-state index contributed by atoms with van der Waals surface area (Å²) in [6, 6.07) is 20.0. The topological polar surface area (TPSA) is 0 Å². The van der Waals surface area contributed by atoms with Gasteiger partial charge in [-0.15, -0.1) is 11.6 Å². The van der Waals surface area contributed by atoms with E-state index in [1.807, 2.05) is 60.7 Å². The van der Waals surface area contributed by atoms with Gasteiger partial charge in [0.15, 0.2) is 0 Å². The number of rotatable bonds is 1. The van der Waals surface area contributed by atoms with Gasteiger partial charge in [-0.05, 0) is 5.92 Å². The summed E-state index contributed by atoms with van der Waals surface area (Å²) in [6.45, 7) is 4.18. The molecule has 0 unspecified atom stereocenters. The van der Waals surface area contributed by atoms with Crippen LogP contribution in [-0.2, 0) is 26.2 Å². The van der Waals surface area contributed by atoms with E-state index in [9.17, 15) is 0 Å². The van der Waals surface area contributed by atoms with Crippen molar-refractivity contribution in [2.45, 2.75) is 13.8 Å². The predicted octanol–water partition coefficient (Wildman–Crippen LogP) is 4.69. The Kier molecular flexibility index (Phi) is 17.0. The number of hydrogen-bond donors (Lipinski definition) is 0. The molecule has 0 aliphatic heterocycles. The number of alkyl halides is 1. The molecule has 86 valence electrons. The first kappa shape index (κ1) is 18.2. The van der Waals surface area contributed by atoms with E-state index in [-0.39, 0.29) is 26.2 Å². The molecule has 2 aromatic rings. The van der Waals surface area contributed by atoms with Crippen molar-refractivity contribution in [3.63, 3.8) is 0 Å². The molecule has 0 nitrogen and oxygen atoms in total. The smallest absolute Gasteiger partial charge is 0.214 e. The molecule has 0 N–H and O–H groups in total. The fraction of sp³-hybridized carbons (Fsp3) is 0.286. The second-order valence-electron chi connectivity index (χ2n) is 3.47. The fourth-order valence-corrected chi connectivity index (χ4v) is 0.642. The zero-order valence-electron chi connectivity index (χ0n) is 9.94. The SMILES string of the molecule is CC(C)CCl.[Zr+2].c1cc[cH-]c1.c1cc[cH-]c1. The van der Waals surface area contributed by atoms with Gasteiger partial charge in [-0.3, -0.25) is 0 Å². The molecule has 0 spiro atoms. The third kappa shape index (κ3) is 16.3. The zero-order valence-corrected chi connectivity index (χ0v) is 13.1. The largest absolute Gasteiger partial charge is 2.00 e. The van der Waals surface area contributed by atoms with Gasteiger partial charge >= 0.3 is 26.2 Å². The summed E-state index contributed by atoms with van der Waals surface area (Å²) in [7, 11) is 0. The number of hydrogen-bond acceptors (Lipinski definition) is 0. The van der Waals surface area contributed by atoms with Crippen LogP contribution in [0.25, 0.3) is 0 Å². The van der Waals surface area contributed by atoms with Crippen molar-refractivity contribution >= 4 is 11.6 Å². The van der Waals surface area contributed by atoms with Crippen LogP contribution >= 0.6 is 11.6 Å². The van der Waals surface area contributed by atoms with Crippen LogP contribution in [0.2, 0.25) is 0 Å². The Labute approximate surface area is 123 Å². The first-order chi connectivity index (χ1) is 7.27. The normalized spacial score (nSPS) is 8.00. The molecule has 2 rings (SSSR count). The van der Waals surface area contributed by atoms with Gasteiger partial charge in [-0.2, -0.15) is 36.4 Å². The predicted molar refractivity (Wildman–Crippen MR) is 69.6 cm³/mol. The van der Waals surface area contributed by atoms with Crippen LogP contribution in [0.3, 0.4) is 0 Å². The molecule has 0 aliphatic carbocycles. The Hall–Kier alpha value is -0.127. The van der Waals surface area contributed by atoms with Crippen molar-refractivity contribution in [1.29, 1.82) is 0 Å². The molecule has 0 bridgehead atoms. The summed E-state index contributed by atoms with van der Waals surface area (Å²) in [4.78, 5) is 0. The minimum atomic E-state index is 0. The summed E-state index contributed by atoms with van der Waals surface area (Å²) in [5.41, 5.74) is 0. The van der Waals surface area contributed by atoms with Crippen molar-refractivity contribution < 1.29 is 26.2 Å². The molecule has 0 aromatic heterocycles. The minimum Gasteiger partial charge on any atom is -0.214 e. The van der Waals surface area contributed by atoms with Crippen LogP contribution in [0, 0.1) is 5.92 Å². The molecule has 0 saturated heterocycles. The van der Waals surface area contributed by atoms with Crippen molar-refractivity contribution in [2.75, 3.05) is 5.88 Å². The molecular weight excluding hydrogens is 295 g/mol. The first-order valence-corrected chi connectivity index (χ1v) is 5.70. The quantitative estimate of drug-likeness (QED) is 0.529. The van der Waals surface area contributed by atoms with E-state index in [1.165, 1.54) is 0 Å². The third-order valence-electron chi connectivity index (χ3n) is 1.42. The maximum Gasteiger partial charge on any atom is 2.00 e. The van der Waals surface area contributed by atoms with E-state index >= 15 is 0 Å². The molecule has 0 atom stereocenters. The van der Waals surface area contributed by atoms with Crippen LogP contribution < -0.4 is 0 Å². The Bertz CT molecular complexity index is 198. The summed E-state index contributed by atoms with van der Waals surface area (Å²) in [5, 5.41) is 0. The third-order valence-corrected chi connectivity index (χ3v) is 2.04. The molecular formula is C14H19ClZr. The van der Waals surface area contributed by atoms with Crippen LogP contribution in [0.1, 0.15) is 13.8 Å². The van der Waals surface area contributed by atoms with Crippen LogP contribution in [0.15, 0.2) is 60.7 Å². The van der Waals surface area contributed by atoms with Crippen LogP contribution in [-0.4, -0.2) is 5.88 Å². The average molecular weight is 314 g/mol. The van der Waals surface area contributed by atoms with Gasteiger partial charge < -0.3 is 0 Å². The minimum absolute atomic E-state index is 0. The molecule has 16 heavy (non-hydrogen) atoms. The van der Waals surface area contributed by atoms with Gasteiger partial charge in [0, 0.05) is 5.88 Å². The van der Waals surface area contributed by atoms with E-state index in [4.69, 9.17) is 11.6 Å². The Morgan fingerprint density at radius 1 is 0.875 bits per heavy atom. The number of halogens is 1. The standard InChI is InChI=1S/2C5H5.C4H9Cl.Zr/c2*1-2-4-5-3-1;1-4(2)3-5;/h2*1-5H;4H,3H2,1-2H3;/q2*-1;;+2. The molecule has 0 amide bonds. The first-order valence-electron chi connectivity index (χ1n) is 5.16. The Morgan fingerprint density at radius 2 is 1.12 bits per heavy atom. The van der Waals surface area contributed by atoms with E-state index in [2.05, 4.69) is 13.8 Å². The van der Waals surface area contributed by atoms with Gasteiger partial charge in [-0.25, -0.2) is 24.3 Å². The second-order valence-corrected chi connectivity index (χ2v) is 3.78. The summed E-state index contributed by atoms with van der Waals surface area (Å²) in [6.07, 6.45) is 0. The van der Waals surface area contributed by atoms with Gasteiger partial charge in [0.1, 0.15) is 0 Å². The molecule has 0 aliphatic rings. The van der Waals surface area contributed by atoms with Crippen molar-refractivity contribution in [3.05, 3.63) is 60.7 Å². The molecule has 0 heterocycles. The molecule has 0 fully saturated rings. The summed E-state index contributed by atoms with van der Waals surface area (Å²) < 4.78 is 0. The van der Waals surface area contributed by atoms with Gasteiger partial charge in [0.25, 0.3) is 0 Å².